The molecule has 2 N–H and O–H groups in total. The van der Waals surface area contributed by atoms with Gasteiger partial charge < -0.3 is 15.3 Å². The summed E-state index contributed by atoms with van der Waals surface area (Å²) >= 11 is 1.54. The minimum atomic E-state index is -0.932. The highest BCUT2D eigenvalue weighted by atomic mass is 32.2. The van der Waals surface area contributed by atoms with Crippen molar-refractivity contribution >= 4 is 29.4 Å². The summed E-state index contributed by atoms with van der Waals surface area (Å²) in [7, 11) is 0. The van der Waals surface area contributed by atoms with Crippen LogP contribution < -0.4 is 5.32 Å². The van der Waals surface area contributed by atoms with Crippen LogP contribution in [0.3, 0.4) is 0 Å². The number of thioether (sulfide) groups is 1. The number of nitrogens with zero attached hydrogens (tertiary/aromatic N) is 1. The molecule has 6 heteroatoms. The zero-order valence-electron chi connectivity index (χ0n) is 11.3. The molecule has 1 atom stereocenters. The molecule has 1 fully saturated rings. The number of carbonyl (C=O) groups is 2. The first-order valence-corrected chi connectivity index (χ1v) is 7.79. The molecule has 0 spiro atoms. The highest BCUT2D eigenvalue weighted by Gasteiger charge is 2.32. The third kappa shape index (κ3) is 3.25. The van der Waals surface area contributed by atoms with Gasteiger partial charge in [0.2, 0.25) is 0 Å². The summed E-state index contributed by atoms with van der Waals surface area (Å²) in [5.74, 6) is -0.932. The first-order valence-electron chi connectivity index (χ1n) is 6.57. The van der Waals surface area contributed by atoms with Crippen molar-refractivity contribution in [2.24, 2.45) is 0 Å². The molecule has 1 aliphatic rings. The van der Waals surface area contributed by atoms with Crippen molar-refractivity contribution in [3.05, 3.63) is 24.3 Å². The Morgan fingerprint density at radius 1 is 1.35 bits per heavy atom. The normalized spacial score (nSPS) is 18.6. The van der Waals surface area contributed by atoms with Crippen molar-refractivity contribution in [1.29, 1.82) is 0 Å². The molecule has 0 radical (unpaired) electrons. The molecule has 0 saturated carbocycles. The summed E-state index contributed by atoms with van der Waals surface area (Å²) < 4.78 is 0. The van der Waals surface area contributed by atoms with E-state index in [1.54, 1.807) is 11.8 Å². The number of piperidine rings is 1. The van der Waals surface area contributed by atoms with Crippen molar-refractivity contribution in [1.82, 2.24) is 4.90 Å². The molecule has 2 amide bonds. The monoisotopic (exact) mass is 294 g/mol. The molecule has 1 aliphatic heterocycles. The van der Waals surface area contributed by atoms with E-state index in [0.29, 0.717) is 13.0 Å². The molecule has 1 aromatic rings. The number of benzene rings is 1. The molecule has 2 rings (SSSR count). The lowest BCUT2D eigenvalue weighted by atomic mass is 10.0. The van der Waals surface area contributed by atoms with E-state index in [-0.39, 0.29) is 6.03 Å². The van der Waals surface area contributed by atoms with Gasteiger partial charge in [-0.25, -0.2) is 9.59 Å². The smallest absolute Gasteiger partial charge is 0.326 e. The van der Waals surface area contributed by atoms with Gasteiger partial charge in [0.05, 0.1) is 5.69 Å². The quantitative estimate of drug-likeness (QED) is 0.841. The van der Waals surface area contributed by atoms with E-state index in [1.165, 1.54) is 4.90 Å². The van der Waals surface area contributed by atoms with Crippen molar-refractivity contribution < 1.29 is 14.7 Å². The van der Waals surface area contributed by atoms with E-state index < -0.39 is 12.0 Å². The number of para-hydroxylation sites is 1. The van der Waals surface area contributed by atoms with Gasteiger partial charge in [-0.05, 0) is 37.7 Å². The average Bonchev–Trinajstić information content (AvgIpc) is 2.47. The maximum atomic E-state index is 12.3. The number of rotatable bonds is 3. The van der Waals surface area contributed by atoms with Crippen LogP contribution in [0.5, 0.6) is 0 Å². The molecular weight excluding hydrogens is 276 g/mol. The van der Waals surface area contributed by atoms with Gasteiger partial charge in [-0.1, -0.05) is 12.1 Å². The largest absolute Gasteiger partial charge is 0.480 e. The third-order valence-electron chi connectivity index (χ3n) is 3.40. The lowest BCUT2D eigenvalue weighted by Gasteiger charge is -2.33. The van der Waals surface area contributed by atoms with Gasteiger partial charge in [-0.3, -0.25) is 0 Å². The Morgan fingerprint density at radius 2 is 2.10 bits per heavy atom. The van der Waals surface area contributed by atoms with Gasteiger partial charge in [-0.2, -0.15) is 0 Å². The SMILES string of the molecule is CSc1ccccc1NC(=O)N1CCCCC1C(=O)O. The number of anilines is 1. The summed E-state index contributed by atoms with van der Waals surface area (Å²) in [4.78, 5) is 25.9. The number of nitrogens with one attached hydrogen (secondary N) is 1. The lowest BCUT2D eigenvalue weighted by molar-refractivity contribution is -0.143. The lowest BCUT2D eigenvalue weighted by Crippen LogP contribution is -2.49. The number of hydrogen-bond donors (Lipinski definition) is 2. The molecule has 0 aromatic heterocycles. The van der Waals surface area contributed by atoms with E-state index >= 15 is 0 Å². The molecule has 1 saturated heterocycles. The van der Waals surface area contributed by atoms with Crippen LogP contribution in [-0.4, -0.2) is 40.8 Å². The van der Waals surface area contributed by atoms with Crippen molar-refractivity contribution in [3.8, 4) is 0 Å². The number of carboxylic acids is 1. The molecule has 1 unspecified atom stereocenters. The minimum Gasteiger partial charge on any atom is -0.480 e. The summed E-state index contributed by atoms with van der Waals surface area (Å²) in [6, 6.07) is 6.45. The van der Waals surface area contributed by atoms with Crippen LogP contribution in [0, 0.1) is 0 Å². The fourth-order valence-electron chi connectivity index (χ4n) is 2.37. The number of aliphatic carboxylic acids is 1. The van der Waals surface area contributed by atoms with E-state index in [9.17, 15) is 14.7 Å². The standard InChI is InChI=1S/C14H18N2O3S/c1-20-12-8-3-2-6-10(12)15-14(19)16-9-5-4-7-11(16)13(17)18/h2-3,6,8,11H,4-5,7,9H2,1H3,(H,15,19)(H,17,18). The van der Waals surface area contributed by atoms with Gasteiger partial charge in [0.1, 0.15) is 6.04 Å². The third-order valence-corrected chi connectivity index (χ3v) is 4.19. The van der Waals surface area contributed by atoms with Gasteiger partial charge in [-0.15, -0.1) is 11.8 Å². The van der Waals surface area contributed by atoms with Crippen LogP contribution in [-0.2, 0) is 4.79 Å². The zero-order chi connectivity index (χ0) is 14.5. The number of likely N-dealkylation sites (tertiary alicyclic amines) is 1. The predicted molar refractivity (Wildman–Crippen MR) is 79.2 cm³/mol. The Bertz CT molecular complexity index is 507. The number of carboxylic acid groups (broad SMARTS) is 1. The maximum Gasteiger partial charge on any atom is 0.326 e. The highest BCUT2D eigenvalue weighted by Crippen LogP contribution is 2.26. The van der Waals surface area contributed by atoms with Crippen LogP contribution >= 0.6 is 11.8 Å². The molecule has 0 bridgehead atoms. The van der Waals surface area contributed by atoms with Gasteiger partial charge in [0.25, 0.3) is 0 Å². The van der Waals surface area contributed by atoms with Gasteiger partial charge >= 0.3 is 12.0 Å². The Morgan fingerprint density at radius 3 is 2.80 bits per heavy atom. The summed E-state index contributed by atoms with van der Waals surface area (Å²) in [6.07, 6.45) is 4.16. The molecule has 108 valence electrons. The van der Waals surface area contributed by atoms with Crippen molar-refractivity contribution in [2.45, 2.75) is 30.2 Å². The molecular formula is C14H18N2O3S. The van der Waals surface area contributed by atoms with Crippen LogP contribution in [0.4, 0.5) is 10.5 Å². The Balaban J connectivity index is 2.12. The van der Waals surface area contributed by atoms with E-state index in [4.69, 9.17) is 0 Å². The Labute approximate surface area is 122 Å². The van der Waals surface area contributed by atoms with Crippen molar-refractivity contribution in [3.63, 3.8) is 0 Å². The fourth-order valence-corrected chi connectivity index (χ4v) is 2.92. The number of hydrogen-bond acceptors (Lipinski definition) is 3. The maximum absolute atomic E-state index is 12.3. The first kappa shape index (κ1) is 14.7. The predicted octanol–water partition coefficient (Wildman–Crippen LogP) is 2.88. The molecule has 1 heterocycles. The number of amides is 2. The zero-order valence-corrected chi connectivity index (χ0v) is 12.2. The van der Waals surface area contributed by atoms with Crippen LogP contribution in [0.15, 0.2) is 29.2 Å². The highest BCUT2D eigenvalue weighted by molar-refractivity contribution is 7.98. The molecule has 1 aromatic carbocycles. The van der Waals surface area contributed by atoms with E-state index in [2.05, 4.69) is 5.32 Å². The van der Waals surface area contributed by atoms with Crippen molar-refractivity contribution in [2.75, 3.05) is 18.1 Å². The van der Waals surface area contributed by atoms with Gasteiger partial charge in [0, 0.05) is 11.4 Å². The second-order valence-corrected chi connectivity index (χ2v) is 5.52. The van der Waals surface area contributed by atoms with Crippen LogP contribution in [0.2, 0.25) is 0 Å². The van der Waals surface area contributed by atoms with Crippen LogP contribution in [0.25, 0.3) is 0 Å². The summed E-state index contributed by atoms with van der Waals surface area (Å²) in [6.45, 7) is 0.490. The molecule has 5 nitrogen and oxygen atoms in total. The summed E-state index contributed by atoms with van der Waals surface area (Å²) in [5.41, 5.74) is 0.722. The number of urea groups is 1. The van der Waals surface area contributed by atoms with E-state index in [0.717, 1.165) is 23.4 Å². The van der Waals surface area contributed by atoms with Gasteiger partial charge in [0.15, 0.2) is 0 Å². The first-order chi connectivity index (χ1) is 9.63. The Kier molecular flexibility index (Phi) is 4.89. The minimum absolute atomic E-state index is 0.335. The van der Waals surface area contributed by atoms with E-state index in [1.807, 2.05) is 30.5 Å². The van der Waals surface area contributed by atoms with Crippen LogP contribution in [0.1, 0.15) is 19.3 Å². The molecule has 20 heavy (non-hydrogen) atoms. The summed E-state index contributed by atoms with van der Waals surface area (Å²) in [5, 5.41) is 12.0. The second-order valence-electron chi connectivity index (χ2n) is 4.67. The second kappa shape index (κ2) is 6.65. The fraction of sp³-hybridized carbons (Fsp3) is 0.429. The topological polar surface area (TPSA) is 69.6 Å². The number of carbonyl (C=O) groups excluding carboxylic acids is 1. The average molecular weight is 294 g/mol. The Hall–Kier alpha value is -1.69. The molecule has 0 aliphatic carbocycles.